The number of H-pyrrole nitrogens is 1. The average molecular weight is 226 g/mol. The van der Waals surface area contributed by atoms with Crippen molar-refractivity contribution in [1.82, 2.24) is 10.2 Å². The van der Waals surface area contributed by atoms with Gasteiger partial charge in [0.2, 0.25) is 0 Å². The Morgan fingerprint density at radius 2 is 2.62 bits per heavy atom. The maximum Gasteiger partial charge on any atom is 0.366 e. The first-order valence-corrected chi connectivity index (χ1v) is 5.30. The van der Waals surface area contributed by atoms with Crippen molar-refractivity contribution in [3.05, 3.63) is 16.3 Å². The van der Waals surface area contributed by atoms with Gasteiger partial charge in [0, 0.05) is 13.2 Å². The minimum Gasteiger partial charge on any atom is -0.378 e. The molecule has 0 aliphatic carbocycles. The third kappa shape index (κ3) is 2.48. The molecule has 0 bridgehead atoms. The molecule has 0 saturated carbocycles. The van der Waals surface area contributed by atoms with Crippen LogP contribution in [0.15, 0.2) is 6.20 Å². The van der Waals surface area contributed by atoms with Crippen LogP contribution in [0.2, 0.25) is 0 Å². The van der Waals surface area contributed by atoms with Crippen molar-refractivity contribution in [2.24, 2.45) is 0 Å². The molecule has 1 aliphatic heterocycles. The smallest absolute Gasteiger partial charge is 0.366 e. The molecule has 1 fully saturated rings. The van der Waals surface area contributed by atoms with Crippen molar-refractivity contribution >= 4 is 11.5 Å². The molecule has 1 unspecified atom stereocenters. The molecule has 2 rings (SSSR count). The highest BCUT2D eigenvalue weighted by molar-refractivity contribution is 5.55. The van der Waals surface area contributed by atoms with Crippen LogP contribution in [-0.2, 0) is 4.74 Å². The van der Waals surface area contributed by atoms with Gasteiger partial charge in [0.1, 0.15) is 6.20 Å². The highest BCUT2D eigenvalue weighted by Crippen LogP contribution is 2.20. The van der Waals surface area contributed by atoms with Gasteiger partial charge in [-0.25, -0.2) is 0 Å². The van der Waals surface area contributed by atoms with Gasteiger partial charge in [-0.3, -0.25) is 0 Å². The predicted octanol–water partition coefficient (Wildman–Crippen LogP) is 1.30. The van der Waals surface area contributed by atoms with Crippen molar-refractivity contribution in [3.63, 3.8) is 0 Å². The Bertz CT molecular complexity index is 359. The van der Waals surface area contributed by atoms with E-state index in [-0.39, 0.29) is 5.82 Å². The summed E-state index contributed by atoms with van der Waals surface area (Å²) in [5.74, 6) is -0.0904. The minimum absolute atomic E-state index is 0.0904. The topological polar surface area (TPSA) is 93.1 Å². The number of hydrogen-bond donors (Lipinski definition) is 2. The highest BCUT2D eigenvalue weighted by Gasteiger charge is 2.17. The Hall–Kier alpha value is -1.63. The van der Waals surface area contributed by atoms with Crippen LogP contribution in [0.25, 0.3) is 0 Å². The normalized spacial score (nSPS) is 19.9. The number of aromatic nitrogens is 2. The van der Waals surface area contributed by atoms with Crippen LogP contribution in [0, 0.1) is 10.1 Å². The molecule has 0 radical (unpaired) electrons. The maximum absolute atomic E-state index is 10.6. The van der Waals surface area contributed by atoms with E-state index in [2.05, 4.69) is 15.5 Å². The summed E-state index contributed by atoms with van der Waals surface area (Å²) in [5.41, 5.74) is 0.433. The monoisotopic (exact) mass is 226 g/mol. The maximum atomic E-state index is 10.6. The van der Waals surface area contributed by atoms with E-state index in [0.717, 1.165) is 25.9 Å². The summed E-state index contributed by atoms with van der Waals surface area (Å²) in [6, 6.07) is 0. The lowest BCUT2D eigenvalue weighted by molar-refractivity contribution is -0.388. The highest BCUT2D eigenvalue weighted by atomic mass is 16.6. The van der Waals surface area contributed by atoms with Crippen molar-refractivity contribution in [3.8, 4) is 0 Å². The van der Waals surface area contributed by atoms with Gasteiger partial charge in [-0.05, 0) is 24.2 Å². The van der Waals surface area contributed by atoms with Crippen LogP contribution in [0.5, 0.6) is 0 Å². The van der Waals surface area contributed by atoms with E-state index in [1.807, 2.05) is 0 Å². The predicted molar refractivity (Wildman–Crippen MR) is 57.3 cm³/mol. The molecule has 1 saturated heterocycles. The van der Waals surface area contributed by atoms with Gasteiger partial charge >= 0.3 is 5.82 Å². The number of hydrogen-bond acceptors (Lipinski definition) is 5. The third-order valence-electron chi connectivity index (χ3n) is 2.61. The van der Waals surface area contributed by atoms with E-state index in [9.17, 15) is 10.1 Å². The van der Waals surface area contributed by atoms with Gasteiger partial charge < -0.3 is 20.2 Å². The summed E-state index contributed by atoms with van der Waals surface area (Å²) >= 11 is 0. The number of nitrogens with one attached hydrogen (secondary N) is 2. The SMILES string of the molecule is O=[N+]([O-])c1[nH]ncc1NCCC1CCCO1. The third-order valence-corrected chi connectivity index (χ3v) is 2.61. The minimum atomic E-state index is -0.485. The summed E-state index contributed by atoms with van der Waals surface area (Å²) in [7, 11) is 0. The molecule has 88 valence electrons. The van der Waals surface area contributed by atoms with Crippen molar-refractivity contribution < 1.29 is 9.66 Å². The largest absolute Gasteiger partial charge is 0.378 e. The zero-order valence-electron chi connectivity index (χ0n) is 8.81. The number of anilines is 1. The quantitative estimate of drug-likeness (QED) is 0.583. The molecule has 2 N–H and O–H groups in total. The van der Waals surface area contributed by atoms with Crippen molar-refractivity contribution in [2.45, 2.75) is 25.4 Å². The first kappa shape index (κ1) is 10.9. The molecule has 2 heterocycles. The zero-order chi connectivity index (χ0) is 11.4. The fourth-order valence-corrected chi connectivity index (χ4v) is 1.79. The molecule has 0 amide bonds. The van der Waals surface area contributed by atoms with Gasteiger partial charge in [-0.2, -0.15) is 0 Å². The van der Waals surface area contributed by atoms with Gasteiger partial charge in [0.15, 0.2) is 5.69 Å². The summed E-state index contributed by atoms with van der Waals surface area (Å²) in [6.45, 7) is 1.49. The summed E-state index contributed by atoms with van der Waals surface area (Å²) < 4.78 is 5.45. The fraction of sp³-hybridized carbons (Fsp3) is 0.667. The zero-order valence-corrected chi connectivity index (χ0v) is 8.81. The van der Waals surface area contributed by atoms with E-state index < -0.39 is 4.92 Å². The standard InChI is InChI=1S/C9H14N4O3/c14-13(15)9-8(6-11-12-9)10-4-3-7-2-1-5-16-7/h6-7,10H,1-5H2,(H,11,12). The van der Waals surface area contributed by atoms with E-state index in [0.29, 0.717) is 18.3 Å². The molecule has 1 aromatic rings. The van der Waals surface area contributed by atoms with Crippen LogP contribution in [0.1, 0.15) is 19.3 Å². The Kier molecular flexibility index (Phi) is 3.35. The van der Waals surface area contributed by atoms with Gasteiger partial charge in [-0.15, -0.1) is 5.10 Å². The molecule has 7 heteroatoms. The lowest BCUT2D eigenvalue weighted by atomic mass is 10.2. The van der Waals surface area contributed by atoms with Crippen molar-refractivity contribution in [2.75, 3.05) is 18.5 Å². The van der Waals surface area contributed by atoms with Gasteiger partial charge in [0.25, 0.3) is 0 Å². The van der Waals surface area contributed by atoms with E-state index in [1.165, 1.54) is 6.20 Å². The molecular weight excluding hydrogens is 212 g/mol. The second kappa shape index (κ2) is 4.93. The number of rotatable bonds is 5. The Balaban J connectivity index is 1.80. The second-order valence-electron chi connectivity index (χ2n) is 3.74. The van der Waals surface area contributed by atoms with Crippen LogP contribution >= 0.6 is 0 Å². The first-order valence-electron chi connectivity index (χ1n) is 5.30. The van der Waals surface area contributed by atoms with E-state index in [1.54, 1.807) is 0 Å². The van der Waals surface area contributed by atoms with Crippen LogP contribution in [-0.4, -0.2) is 34.4 Å². The Morgan fingerprint density at radius 3 is 3.31 bits per heavy atom. The van der Waals surface area contributed by atoms with Crippen molar-refractivity contribution in [1.29, 1.82) is 0 Å². The molecule has 0 aromatic carbocycles. The molecule has 7 nitrogen and oxygen atoms in total. The summed E-state index contributed by atoms with van der Waals surface area (Å²) in [5, 5.41) is 19.5. The second-order valence-corrected chi connectivity index (χ2v) is 3.74. The summed E-state index contributed by atoms with van der Waals surface area (Å²) in [4.78, 5) is 10.1. The number of nitrogens with zero attached hydrogens (tertiary/aromatic N) is 2. The Morgan fingerprint density at radius 1 is 1.75 bits per heavy atom. The molecule has 16 heavy (non-hydrogen) atoms. The molecule has 0 spiro atoms. The summed E-state index contributed by atoms with van der Waals surface area (Å²) in [6.07, 6.45) is 4.76. The number of ether oxygens (including phenoxy) is 1. The van der Waals surface area contributed by atoms with Crippen LogP contribution in [0.3, 0.4) is 0 Å². The molecular formula is C9H14N4O3. The first-order chi connectivity index (χ1) is 7.77. The van der Waals surface area contributed by atoms with Gasteiger partial charge in [0.05, 0.1) is 6.10 Å². The van der Waals surface area contributed by atoms with E-state index in [4.69, 9.17) is 4.74 Å². The average Bonchev–Trinajstić information content (AvgIpc) is 2.87. The lowest BCUT2D eigenvalue weighted by Crippen LogP contribution is -2.12. The molecule has 1 atom stereocenters. The fourth-order valence-electron chi connectivity index (χ4n) is 1.79. The Labute approximate surface area is 92.3 Å². The number of nitro groups is 1. The number of aromatic amines is 1. The van der Waals surface area contributed by atoms with Crippen LogP contribution in [0.4, 0.5) is 11.5 Å². The molecule has 1 aromatic heterocycles. The molecule has 1 aliphatic rings. The van der Waals surface area contributed by atoms with Gasteiger partial charge in [-0.1, -0.05) is 5.10 Å². The lowest BCUT2D eigenvalue weighted by Gasteiger charge is -2.09. The van der Waals surface area contributed by atoms with Crippen LogP contribution < -0.4 is 5.32 Å². The van der Waals surface area contributed by atoms with E-state index >= 15 is 0 Å².